The molecule has 0 fully saturated rings. The van der Waals surface area contributed by atoms with Gasteiger partial charge in [-0.25, -0.2) is 0 Å². The minimum Gasteiger partial charge on any atom is -0.397 e. The molecule has 1 rings (SSSR count). The van der Waals surface area contributed by atoms with Crippen LogP contribution in [0.2, 0.25) is 0 Å². The fraction of sp³-hybridized carbons (Fsp3) is 0.500. The molecule has 118 valence electrons. The lowest BCUT2D eigenvalue weighted by Crippen LogP contribution is -2.43. The Kier molecular flexibility index (Phi) is 5.22. The van der Waals surface area contributed by atoms with Crippen molar-refractivity contribution in [1.82, 2.24) is 4.90 Å². The van der Waals surface area contributed by atoms with E-state index in [4.69, 9.17) is 5.73 Å². The first-order valence-corrected chi connectivity index (χ1v) is 6.53. The number of carbonyl (C=O) groups is 1. The van der Waals surface area contributed by atoms with Crippen molar-refractivity contribution in [2.24, 2.45) is 0 Å². The highest BCUT2D eigenvalue weighted by molar-refractivity contribution is 5.97. The number of nitrogen functional groups attached to an aromatic ring is 1. The van der Waals surface area contributed by atoms with Crippen LogP contribution in [0.5, 0.6) is 0 Å². The van der Waals surface area contributed by atoms with E-state index >= 15 is 0 Å². The molecule has 7 heteroatoms. The number of hydrogen-bond acceptors (Lipinski definition) is 3. The van der Waals surface area contributed by atoms with Gasteiger partial charge in [0.1, 0.15) is 0 Å². The van der Waals surface area contributed by atoms with Gasteiger partial charge >= 0.3 is 6.18 Å². The van der Waals surface area contributed by atoms with Crippen molar-refractivity contribution in [3.8, 4) is 0 Å². The number of nitrogens with one attached hydrogen (secondary N) is 1. The minimum absolute atomic E-state index is 0.113. The number of benzene rings is 1. The fourth-order valence-corrected chi connectivity index (χ4v) is 1.72. The summed E-state index contributed by atoms with van der Waals surface area (Å²) in [6.07, 6.45) is -4.46. The van der Waals surface area contributed by atoms with Crippen molar-refractivity contribution in [2.75, 3.05) is 18.1 Å². The van der Waals surface area contributed by atoms with Gasteiger partial charge in [-0.15, -0.1) is 0 Å². The number of anilines is 2. The van der Waals surface area contributed by atoms with E-state index in [9.17, 15) is 18.0 Å². The van der Waals surface area contributed by atoms with Gasteiger partial charge in [0.25, 0.3) is 0 Å². The molecule has 0 saturated carbocycles. The average molecular weight is 303 g/mol. The topological polar surface area (TPSA) is 58.4 Å². The molecule has 1 aromatic rings. The summed E-state index contributed by atoms with van der Waals surface area (Å²) in [5.41, 5.74) is 4.80. The van der Waals surface area contributed by atoms with Gasteiger partial charge in [-0.1, -0.05) is 0 Å². The Morgan fingerprint density at radius 3 is 2.29 bits per heavy atom. The van der Waals surface area contributed by atoms with Gasteiger partial charge in [0.2, 0.25) is 5.91 Å². The Balaban J connectivity index is 2.87. The number of carbonyl (C=O) groups excluding carboxylic acids is 1. The van der Waals surface area contributed by atoms with Gasteiger partial charge in [-0.3, -0.25) is 9.69 Å². The number of halogens is 3. The molecule has 0 radical (unpaired) electrons. The van der Waals surface area contributed by atoms with Crippen LogP contribution in [-0.2, 0) is 11.0 Å². The smallest absolute Gasteiger partial charge is 0.397 e. The summed E-state index contributed by atoms with van der Waals surface area (Å²) in [5, 5.41) is 2.55. The summed E-state index contributed by atoms with van der Waals surface area (Å²) < 4.78 is 37.6. The number of amides is 1. The minimum atomic E-state index is -4.46. The Morgan fingerprint density at radius 2 is 1.86 bits per heavy atom. The number of hydrogen-bond donors (Lipinski definition) is 2. The molecule has 0 aliphatic carbocycles. The van der Waals surface area contributed by atoms with Crippen molar-refractivity contribution < 1.29 is 18.0 Å². The van der Waals surface area contributed by atoms with Crippen molar-refractivity contribution in [2.45, 2.75) is 39.0 Å². The Morgan fingerprint density at radius 1 is 1.29 bits per heavy atom. The van der Waals surface area contributed by atoms with Crippen molar-refractivity contribution >= 4 is 17.3 Å². The first-order chi connectivity index (χ1) is 9.54. The number of nitrogens with zero attached hydrogens (tertiary/aromatic N) is 1. The molecule has 1 atom stereocenters. The molecule has 4 nitrogen and oxygen atoms in total. The predicted molar refractivity (Wildman–Crippen MR) is 76.8 cm³/mol. The quantitative estimate of drug-likeness (QED) is 0.841. The number of rotatable bonds is 4. The SMILES string of the molecule is CC(C)N(C)C(C)C(=O)Nc1ccc(C(F)(F)F)cc1N. The van der Waals surface area contributed by atoms with Crippen LogP contribution in [0.4, 0.5) is 24.5 Å². The van der Waals surface area contributed by atoms with E-state index in [1.807, 2.05) is 18.7 Å². The first-order valence-electron chi connectivity index (χ1n) is 6.53. The predicted octanol–water partition coefficient (Wildman–Crippen LogP) is 2.95. The molecule has 0 saturated heterocycles. The van der Waals surface area contributed by atoms with Crippen LogP contribution in [-0.4, -0.2) is 29.9 Å². The molecule has 21 heavy (non-hydrogen) atoms. The summed E-state index contributed by atoms with van der Waals surface area (Å²) in [4.78, 5) is 13.9. The highest BCUT2D eigenvalue weighted by Gasteiger charge is 2.31. The molecular weight excluding hydrogens is 283 g/mol. The van der Waals surface area contributed by atoms with E-state index in [1.165, 1.54) is 0 Å². The van der Waals surface area contributed by atoms with E-state index in [1.54, 1.807) is 14.0 Å². The second kappa shape index (κ2) is 6.34. The average Bonchev–Trinajstić information content (AvgIpc) is 2.37. The maximum Gasteiger partial charge on any atom is 0.416 e. The zero-order valence-corrected chi connectivity index (χ0v) is 12.5. The maximum absolute atomic E-state index is 12.5. The Bertz CT molecular complexity index is 515. The number of likely N-dealkylation sites (N-methyl/N-ethyl adjacent to an activating group) is 1. The molecule has 3 N–H and O–H groups in total. The van der Waals surface area contributed by atoms with Gasteiger partial charge < -0.3 is 11.1 Å². The van der Waals surface area contributed by atoms with Crippen molar-refractivity contribution in [1.29, 1.82) is 0 Å². The van der Waals surface area contributed by atoms with Gasteiger partial charge in [0.05, 0.1) is 23.0 Å². The molecule has 0 aromatic heterocycles. The van der Waals surface area contributed by atoms with Gasteiger partial charge in [0.15, 0.2) is 0 Å². The second-order valence-corrected chi connectivity index (χ2v) is 5.22. The van der Waals surface area contributed by atoms with Crippen LogP contribution in [0, 0.1) is 0 Å². The lowest BCUT2D eigenvalue weighted by atomic mass is 10.1. The van der Waals surface area contributed by atoms with Crippen LogP contribution in [0.1, 0.15) is 26.3 Å². The van der Waals surface area contributed by atoms with Gasteiger partial charge in [0, 0.05) is 6.04 Å². The molecule has 0 aliphatic rings. The van der Waals surface area contributed by atoms with Crippen LogP contribution >= 0.6 is 0 Å². The molecule has 1 unspecified atom stereocenters. The number of alkyl halides is 3. The Labute approximate surface area is 122 Å². The standard InChI is InChI=1S/C14H20F3N3O/c1-8(2)20(4)9(3)13(21)19-12-6-5-10(7-11(12)18)14(15,16)17/h5-9H,18H2,1-4H3,(H,19,21). The third-order valence-corrected chi connectivity index (χ3v) is 3.44. The summed E-state index contributed by atoms with van der Waals surface area (Å²) in [7, 11) is 1.80. The summed E-state index contributed by atoms with van der Waals surface area (Å²) in [5.74, 6) is -0.322. The maximum atomic E-state index is 12.5. The van der Waals surface area contributed by atoms with E-state index in [-0.39, 0.29) is 23.3 Å². The molecule has 0 heterocycles. The lowest BCUT2D eigenvalue weighted by molar-refractivity contribution is -0.137. The van der Waals surface area contributed by atoms with Crippen LogP contribution in [0.15, 0.2) is 18.2 Å². The third kappa shape index (κ3) is 4.35. The van der Waals surface area contributed by atoms with Crippen molar-refractivity contribution in [3.05, 3.63) is 23.8 Å². The second-order valence-electron chi connectivity index (χ2n) is 5.22. The monoisotopic (exact) mass is 303 g/mol. The summed E-state index contributed by atoms with van der Waals surface area (Å²) in [6.45, 7) is 5.60. The van der Waals surface area contributed by atoms with E-state index in [0.29, 0.717) is 0 Å². The zero-order chi connectivity index (χ0) is 16.4. The third-order valence-electron chi connectivity index (χ3n) is 3.44. The van der Waals surface area contributed by atoms with Gasteiger partial charge in [-0.05, 0) is 46.0 Å². The molecule has 0 spiro atoms. The molecule has 0 aliphatic heterocycles. The molecule has 1 aromatic carbocycles. The van der Waals surface area contributed by atoms with E-state index in [0.717, 1.165) is 18.2 Å². The highest BCUT2D eigenvalue weighted by Crippen LogP contribution is 2.32. The van der Waals surface area contributed by atoms with Crippen LogP contribution in [0.25, 0.3) is 0 Å². The molecule has 0 bridgehead atoms. The fourth-order valence-electron chi connectivity index (χ4n) is 1.72. The molecular formula is C14H20F3N3O. The normalized spacial score (nSPS) is 13.6. The van der Waals surface area contributed by atoms with Crippen molar-refractivity contribution in [3.63, 3.8) is 0 Å². The van der Waals surface area contributed by atoms with Crippen LogP contribution < -0.4 is 11.1 Å². The molecule has 1 amide bonds. The van der Waals surface area contributed by atoms with E-state index in [2.05, 4.69) is 5.32 Å². The highest BCUT2D eigenvalue weighted by atomic mass is 19.4. The Hall–Kier alpha value is -1.76. The summed E-state index contributed by atoms with van der Waals surface area (Å²) >= 11 is 0. The van der Waals surface area contributed by atoms with E-state index < -0.39 is 17.8 Å². The zero-order valence-electron chi connectivity index (χ0n) is 12.5. The summed E-state index contributed by atoms with van der Waals surface area (Å²) in [6, 6.07) is 2.61. The van der Waals surface area contributed by atoms with Gasteiger partial charge in [-0.2, -0.15) is 13.2 Å². The lowest BCUT2D eigenvalue weighted by Gasteiger charge is -2.27. The first kappa shape index (κ1) is 17.3. The number of nitrogens with two attached hydrogens (primary N) is 1. The van der Waals surface area contributed by atoms with Crippen LogP contribution in [0.3, 0.4) is 0 Å². The largest absolute Gasteiger partial charge is 0.416 e.